The first-order valence-corrected chi connectivity index (χ1v) is 9.15. The number of benzene rings is 1. The van der Waals surface area contributed by atoms with Crippen LogP contribution in [0.25, 0.3) is 35.2 Å². The third-order valence-electron chi connectivity index (χ3n) is 5.15. The predicted molar refractivity (Wildman–Crippen MR) is 115 cm³/mol. The summed E-state index contributed by atoms with van der Waals surface area (Å²) in [6.45, 7) is 5.80. The number of nitrogen functional groups attached to an aromatic ring is 1. The zero-order valence-corrected chi connectivity index (χ0v) is 16.4. The van der Waals surface area contributed by atoms with E-state index in [1.165, 1.54) is 12.1 Å². The van der Waals surface area contributed by atoms with E-state index in [0.29, 0.717) is 55.5 Å². The van der Waals surface area contributed by atoms with Crippen molar-refractivity contribution in [3.05, 3.63) is 79.4 Å². The van der Waals surface area contributed by atoms with Crippen LogP contribution in [0, 0.1) is 39.7 Å². The molecule has 4 rings (SSSR count). The van der Waals surface area contributed by atoms with Gasteiger partial charge >= 0.3 is 0 Å². The standard InChI is InChI=1S/C23H15N5O3/c1-12-17(21-13(2)19(11-25)23(26)27-22(21)18(12)10-24)9-16-6-7-20(31-16)14-4-3-5-15(8-14)28(29)30/h3-9,27H,1,26H2,2H3/b17-9-. The van der Waals surface area contributed by atoms with Gasteiger partial charge in [0.2, 0.25) is 0 Å². The van der Waals surface area contributed by atoms with Crippen LogP contribution in [0.3, 0.4) is 0 Å². The summed E-state index contributed by atoms with van der Waals surface area (Å²) >= 11 is 0. The van der Waals surface area contributed by atoms with Crippen molar-refractivity contribution in [2.45, 2.75) is 6.92 Å². The molecule has 2 heterocycles. The number of nitro groups is 1. The normalized spacial score (nSPS) is 11.4. The largest absolute Gasteiger partial charge is 0.457 e. The number of nitriles is 2. The van der Waals surface area contributed by atoms with Crippen LogP contribution in [0.2, 0.25) is 0 Å². The molecule has 31 heavy (non-hydrogen) atoms. The van der Waals surface area contributed by atoms with Crippen LogP contribution in [-0.2, 0) is 0 Å². The maximum Gasteiger partial charge on any atom is 0.270 e. The Labute approximate surface area is 176 Å². The van der Waals surface area contributed by atoms with E-state index in [9.17, 15) is 20.6 Å². The average Bonchev–Trinajstić information content (AvgIpc) is 3.31. The number of furan rings is 1. The minimum Gasteiger partial charge on any atom is -0.457 e. The zero-order chi connectivity index (χ0) is 22.3. The van der Waals surface area contributed by atoms with Gasteiger partial charge in [0, 0.05) is 23.3 Å². The molecule has 0 bridgehead atoms. The predicted octanol–water partition coefficient (Wildman–Crippen LogP) is 3.16. The number of fused-ring (bicyclic) bond motifs is 1. The second-order valence-corrected chi connectivity index (χ2v) is 6.93. The van der Waals surface area contributed by atoms with Gasteiger partial charge in [0.25, 0.3) is 5.69 Å². The highest BCUT2D eigenvalue weighted by Gasteiger charge is 2.22. The molecule has 0 fully saturated rings. The minimum absolute atomic E-state index is 0.0343. The SMILES string of the molecule is C=c1c(C#N)c2[nH]c(N)c(C#N)c(C)c-2/c1=C\c1ccc(-c2cccc([N+](=O)[O-])c2)o1. The average molecular weight is 409 g/mol. The van der Waals surface area contributed by atoms with Gasteiger partial charge in [0.05, 0.1) is 21.7 Å². The van der Waals surface area contributed by atoms with Gasteiger partial charge < -0.3 is 15.1 Å². The molecule has 150 valence electrons. The van der Waals surface area contributed by atoms with E-state index in [1.807, 2.05) is 0 Å². The molecule has 0 atom stereocenters. The Bertz CT molecular complexity index is 1530. The molecular weight excluding hydrogens is 394 g/mol. The molecular formula is C23H15N5O3. The van der Waals surface area contributed by atoms with Crippen LogP contribution in [0.5, 0.6) is 0 Å². The number of aromatic nitrogens is 1. The van der Waals surface area contributed by atoms with Gasteiger partial charge in [-0.15, -0.1) is 0 Å². The first-order valence-electron chi connectivity index (χ1n) is 9.15. The fourth-order valence-electron chi connectivity index (χ4n) is 3.66. The minimum atomic E-state index is -0.466. The lowest BCUT2D eigenvalue weighted by molar-refractivity contribution is -0.384. The van der Waals surface area contributed by atoms with Gasteiger partial charge in [-0.2, -0.15) is 10.5 Å². The van der Waals surface area contributed by atoms with E-state index in [1.54, 1.807) is 37.3 Å². The summed E-state index contributed by atoms with van der Waals surface area (Å²) in [6, 6.07) is 13.8. The highest BCUT2D eigenvalue weighted by Crippen LogP contribution is 2.29. The van der Waals surface area contributed by atoms with Gasteiger partial charge in [-0.3, -0.25) is 10.1 Å². The van der Waals surface area contributed by atoms with Crippen molar-refractivity contribution in [1.82, 2.24) is 4.98 Å². The third kappa shape index (κ3) is 3.09. The quantitative estimate of drug-likeness (QED) is 0.392. The van der Waals surface area contributed by atoms with Crippen molar-refractivity contribution in [2.24, 2.45) is 0 Å². The van der Waals surface area contributed by atoms with Crippen LogP contribution in [0.1, 0.15) is 22.5 Å². The number of pyridine rings is 1. The molecule has 0 spiro atoms. The monoisotopic (exact) mass is 409 g/mol. The third-order valence-corrected chi connectivity index (χ3v) is 5.15. The molecule has 1 aromatic heterocycles. The lowest BCUT2D eigenvalue weighted by Crippen LogP contribution is -2.21. The van der Waals surface area contributed by atoms with Crippen LogP contribution in [-0.4, -0.2) is 9.91 Å². The van der Waals surface area contributed by atoms with Crippen molar-refractivity contribution in [3.63, 3.8) is 0 Å². The fraction of sp³-hybridized carbons (Fsp3) is 0.0435. The van der Waals surface area contributed by atoms with Crippen LogP contribution >= 0.6 is 0 Å². The molecule has 8 heteroatoms. The van der Waals surface area contributed by atoms with Gasteiger partial charge in [-0.05, 0) is 41.1 Å². The zero-order valence-electron chi connectivity index (χ0n) is 16.4. The molecule has 3 N–H and O–H groups in total. The topological polar surface area (TPSA) is 146 Å². The first-order chi connectivity index (χ1) is 14.8. The first kappa shape index (κ1) is 19.5. The molecule has 0 amide bonds. The van der Waals surface area contributed by atoms with E-state index >= 15 is 0 Å². The van der Waals surface area contributed by atoms with E-state index in [4.69, 9.17) is 10.2 Å². The highest BCUT2D eigenvalue weighted by molar-refractivity contribution is 5.81. The molecule has 0 radical (unpaired) electrons. The van der Waals surface area contributed by atoms with E-state index in [0.717, 1.165) is 0 Å². The van der Waals surface area contributed by atoms with Gasteiger partial charge in [0.1, 0.15) is 29.5 Å². The summed E-state index contributed by atoms with van der Waals surface area (Å²) in [6.07, 6.45) is 1.73. The summed E-state index contributed by atoms with van der Waals surface area (Å²) in [5, 5.41) is 31.2. The number of nitrogens with zero attached hydrogens (tertiary/aromatic N) is 3. The molecule has 2 aliphatic rings. The molecule has 1 aromatic carbocycles. The number of H-pyrrole nitrogens is 1. The number of anilines is 1. The van der Waals surface area contributed by atoms with Crippen molar-refractivity contribution < 1.29 is 9.34 Å². The molecule has 2 aromatic rings. The van der Waals surface area contributed by atoms with E-state index in [-0.39, 0.29) is 11.5 Å². The van der Waals surface area contributed by atoms with Crippen molar-refractivity contribution in [1.29, 1.82) is 10.5 Å². The molecule has 1 aliphatic heterocycles. The maximum atomic E-state index is 11.0. The number of hydrogen-bond acceptors (Lipinski definition) is 6. The number of non-ortho nitro benzene ring substituents is 1. The summed E-state index contributed by atoms with van der Waals surface area (Å²) in [7, 11) is 0. The van der Waals surface area contributed by atoms with E-state index < -0.39 is 4.92 Å². The molecule has 0 unspecified atom stereocenters. The molecule has 0 saturated carbocycles. The lowest BCUT2D eigenvalue weighted by atomic mass is 10.0. The highest BCUT2D eigenvalue weighted by atomic mass is 16.6. The Morgan fingerprint density at radius 2 is 1.97 bits per heavy atom. The summed E-state index contributed by atoms with van der Waals surface area (Å²) in [5.74, 6) is 1.12. The second-order valence-electron chi connectivity index (χ2n) is 6.93. The summed E-state index contributed by atoms with van der Waals surface area (Å²) in [4.78, 5) is 13.5. The Balaban J connectivity index is 1.93. The Hall–Kier alpha value is -4.82. The van der Waals surface area contributed by atoms with Gasteiger partial charge in [0.15, 0.2) is 0 Å². The van der Waals surface area contributed by atoms with Crippen molar-refractivity contribution in [3.8, 4) is 34.7 Å². The van der Waals surface area contributed by atoms with Crippen molar-refractivity contribution >= 4 is 24.2 Å². The number of rotatable bonds is 3. The fourth-order valence-corrected chi connectivity index (χ4v) is 3.66. The van der Waals surface area contributed by atoms with Gasteiger partial charge in [-0.25, -0.2) is 0 Å². The van der Waals surface area contributed by atoms with Gasteiger partial charge in [-0.1, -0.05) is 18.7 Å². The Morgan fingerprint density at radius 3 is 2.65 bits per heavy atom. The number of hydrogen-bond donors (Lipinski definition) is 2. The molecule has 1 aliphatic carbocycles. The lowest BCUT2D eigenvalue weighted by Gasteiger charge is -2.10. The number of aromatic amines is 1. The smallest absolute Gasteiger partial charge is 0.270 e. The summed E-state index contributed by atoms with van der Waals surface area (Å²) in [5.41, 5.74) is 8.94. The van der Waals surface area contributed by atoms with Crippen LogP contribution in [0.15, 0.2) is 40.8 Å². The van der Waals surface area contributed by atoms with Crippen molar-refractivity contribution in [2.75, 3.05) is 5.73 Å². The molecule has 0 saturated heterocycles. The van der Waals surface area contributed by atoms with Crippen LogP contribution in [0.4, 0.5) is 11.5 Å². The summed E-state index contributed by atoms with van der Waals surface area (Å²) < 4.78 is 5.89. The number of nitrogens with two attached hydrogens (primary N) is 1. The number of nitrogens with one attached hydrogen (secondary N) is 1. The Kier molecular flexibility index (Phi) is 4.54. The van der Waals surface area contributed by atoms with E-state index in [2.05, 4.69) is 23.7 Å². The van der Waals surface area contributed by atoms with Crippen LogP contribution < -0.4 is 16.2 Å². The number of nitro benzene ring substituents is 1. The maximum absolute atomic E-state index is 11.0. The second kappa shape index (κ2) is 7.21. The molecule has 8 nitrogen and oxygen atoms in total. The Morgan fingerprint density at radius 1 is 1.23 bits per heavy atom.